The average Bonchev–Trinajstić information content (AvgIpc) is 2.75. The summed E-state index contributed by atoms with van der Waals surface area (Å²) in [5.74, 6) is 0. The summed E-state index contributed by atoms with van der Waals surface area (Å²) < 4.78 is 0. The normalized spacial score (nSPS) is 11.2. The van der Waals surface area contributed by atoms with Crippen LogP contribution in [0.15, 0.2) is 103 Å². The van der Waals surface area contributed by atoms with Gasteiger partial charge in [-0.05, 0) is 52.9 Å². The molecule has 0 aliphatic heterocycles. The Labute approximate surface area is 168 Å². The molecule has 28 heavy (non-hydrogen) atoms. The molecule has 0 heterocycles. The van der Waals surface area contributed by atoms with Crippen molar-refractivity contribution in [3.05, 3.63) is 120 Å². The van der Waals surface area contributed by atoms with Gasteiger partial charge in [0.2, 0.25) is 0 Å². The lowest BCUT2D eigenvalue weighted by Gasteiger charge is -2.23. The van der Waals surface area contributed by atoms with E-state index in [-0.39, 0.29) is 0 Å². The molecule has 4 aromatic rings. The van der Waals surface area contributed by atoms with E-state index in [1.807, 2.05) is 0 Å². The van der Waals surface area contributed by atoms with E-state index in [1.165, 1.54) is 33.9 Å². The van der Waals surface area contributed by atoms with Crippen molar-refractivity contribution in [2.45, 2.75) is 25.9 Å². The second-order valence-corrected chi connectivity index (χ2v) is 7.47. The third-order valence-electron chi connectivity index (χ3n) is 5.25. The number of benzene rings is 4. The highest BCUT2D eigenvalue weighted by Crippen LogP contribution is 2.18. The molecule has 0 aliphatic rings. The number of fused-ring (bicyclic) bond motifs is 1. The first kappa shape index (κ1) is 18.5. The summed E-state index contributed by atoms with van der Waals surface area (Å²) in [5, 5.41) is 2.63. The fourth-order valence-corrected chi connectivity index (χ4v) is 3.80. The molecule has 0 atom stereocenters. The van der Waals surface area contributed by atoms with Crippen LogP contribution in [0.25, 0.3) is 10.8 Å². The zero-order valence-corrected chi connectivity index (χ0v) is 16.3. The molecule has 1 nitrogen and oxygen atoms in total. The molecular formula is C27H27N. The second-order valence-electron chi connectivity index (χ2n) is 7.47. The molecule has 0 spiro atoms. The van der Waals surface area contributed by atoms with Crippen molar-refractivity contribution in [1.29, 1.82) is 0 Å². The van der Waals surface area contributed by atoms with E-state index in [0.717, 1.165) is 26.1 Å². The number of nitrogens with zero attached hydrogens (tertiary/aromatic N) is 1. The highest BCUT2D eigenvalue weighted by Gasteiger charge is 2.08. The van der Waals surface area contributed by atoms with E-state index in [0.29, 0.717) is 0 Å². The molecule has 0 saturated carbocycles. The standard InChI is InChI=1S/C27H27N/c1-3-10-23(11-4-1)14-9-19-28(21-24-12-5-2-6-13-24)22-25-17-18-26-15-7-8-16-27(26)20-25/h1-8,10-13,15-18,20H,9,14,19,21-22H2. The third kappa shape index (κ3) is 5.09. The van der Waals surface area contributed by atoms with Gasteiger partial charge in [0.25, 0.3) is 0 Å². The Kier molecular flexibility index (Phi) is 6.16. The summed E-state index contributed by atoms with van der Waals surface area (Å²) in [4.78, 5) is 2.57. The van der Waals surface area contributed by atoms with Crippen LogP contribution in [0, 0.1) is 0 Å². The first-order valence-corrected chi connectivity index (χ1v) is 10.1. The lowest BCUT2D eigenvalue weighted by atomic mass is 10.1. The van der Waals surface area contributed by atoms with Crippen LogP contribution in [-0.2, 0) is 19.5 Å². The van der Waals surface area contributed by atoms with Gasteiger partial charge in [0.1, 0.15) is 0 Å². The molecule has 0 saturated heterocycles. The molecular weight excluding hydrogens is 338 g/mol. The van der Waals surface area contributed by atoms with Crippen molar-refractivity contribution in [3.63, 3.8) is 0 Å². The fourth-order valence-electron chi connectivity index (χ4n) is 3.80. The first-order valence-electron chi connectivity index (χ1n) is 10.1. The van der Waals surface area contributed by atoms with E-state index >= 15 is 0 Å². The highest BCUT2D eigenvalue weighted by atomic mass is 15.1. The van der Waals surface area contributed by atoms with Crippen LogP contribution >= 0.6 is 0 Å². The van der Waals surface area contributed by atoms with Crippen LogP contribution in [0.1, 0.15) is 23.1 Å². The topological polar surface area (TPSA) is 3.24 Å². The summed E-state index contributed by atoms with van der Waals surface area (Å²) in [6.45, 7) is 3.06. The molecule has 0 unspecified atom stereocenters. The SMILES string of the molecule is c1ccc(CCCN(Cc2ccccc2)Cc2ccc3ccccc3c2)cc1. The molecule has 0 fully saturated rings. The van der Waals surface area contributed by atoms with Gasteiger partial charge in [-0.25, -0.2) is 0 Å². The number of hydrogen-bond acceptors (Lipinski definition) is 1. The first-order chi connectivity index (χ1) is 13.9. The lowest BCUT2D eigenvalue weighted by Crippen LogP contribution is -2.24. The predicted molar refractivity (Wildman–Crippen MR) is 119 cm³/mol. The Hall–Kier alpha value is -2.90. The minimum atomic E-state index is 0.981. The van der Waals surface area contributed by atoms with Crippen molar-refractivity contribution in [3.8, 4) is 0 Å². The molecule has 1 heteroatoms. The van der Waals surface area contributed by atoms with E-state index in [9.17, 15) is 0 Å². The Balaban J connectivity index is 1.46. The van der Waals surface area contributed by atoms with Gasteiger partial charge in [-0.3, -0.25) is 4.90 Å². The molecule has 0 amide bonds. The van der Waals surface area contributed by atoms with Gasteiger partial charge < -0.3 is 0 Å². The minimum absolute atomic E-state index is 0.981. The minimum Gasteiger partial charge on any atom is -0.295 e. The molecule has 0 aliphatic carbocycles. The van der Waals surface area contributed by atoms with E-state index in [1.54, 1.807) is 0 Å². The molecule has 0 N–H and O–H groups in total. The fraction of sp³-hybridized carbons (Fsp3) is 0.185. The largest absolute Gasteiger partial charge is 0.295 e. The molecule has 0 radical (unpaired) electrons. The van der Waals surface area contributed by atoms with Gasteiger partial charge in [-0.1, -0.05) is 97.1 Å². The zero-order valence-electron chi connectivity index (χ0n) is 16.3. The van der Waals surface area contributed by atoms with E-state index < -0.39 is 0 Å². The Morgan fingerprint density at radius 2 is 1.11 bits per heavy atom. The Bertz CT molecular complexity index is 992. The maximum Gasteiger partial charge on any atom is 0.0237 e. The molecule has 0 bridgehead atoms. The maximum atomic E-state index is 2.57. The van der Waals surface area contributed by atoms with Crippen molar-refractivity contribution in [2.75, 3.05) is 6.54 Å². The number of rotatable bonds is 8. The van der Waals surface area contributed by atoms with Gasteiger partial charge in [0.15, 0.2) is 0 Å². The van der Waals surface area contributed by atoms with Gasteiger partial charge >= 0.3 is 0 Å². The monoisotopic (exact) mass is 365 g/mol. The van der Waals surface area contributed by atoms with Crippen LogP contribution in [0.4, 0.5) is 0 Å². The van der Waals surface area contributed by atoms with Gasteiger partial charge in [0, 0.05) is 13.1 Å². The summed E-state index contributed by atoms with van der Waals surface area (Å²) in [6.07, 6.45) is 2.30. The zero-order chi connectivity index (χ0) is 19.0. The van der Waals surface area contributed by atoms with Crippen LogP contribution in [0.3, 0.4) is 0 Å². The molecule has 4 aromatic carbocycles. The third-order valence-corrected chi connectivity index (χ3v) is 5.25. The molecule has 4 rings (SSSR count). The summed E-state index contributed by atoms with van der Waals surface area (Å²) in [5.41, 5.74) is 4.19. The van der Waals surface area contributed by atoms with Crippen molar-refractivity contribution >= 4 is 10.8 Å². The van der Waals surface area contributed by atoms with E-state index in [2.05, 4.69) is 108 Å². The highest BCUT2D eigenvalue weighted by molar-refractivity contribution is 5.82. The van der Waals surface area contributed by atoms with Crippen molar-refractivity contribution in [2.24, 2.45) is 0 Å². The number of aryl methyl sites for hydroxylation is 1. The summed E-state index contributed by atoms with van der Waals surface area (Å²) >= 11 is 0. The lowest BCUT2D eigenvalue weighted by molar-refractivity contribution is 0.253. The van der Waals surface area contributed by atoms with Gasteiger partial charge in [-0.15, -0.1) is 0 Å². The average molecular weight is 366 g/mol. The second kappa shape index (κ2) is 9.34. The smallest absolute Gasteiger partial charge is 0.0237 e. The van der Waals surface area contributed by atoms with Crippen LogP contribution in [0.5, 0.6) is 0 Å². The predicted octanol–water partition coefficient (Wildman–Crippen LogP) is 6.47. The van der Waals surface area contributed by atoms with Crippen LogP contribution < -0.4 is 0 Å². The quantitative estimate of drug-likeness (QED) is 0.346. The van der Waals surface area contributed by atoms with Crippen molar-refractivity contribution < 1.29 is 0 Å². The van der Waals surface area contributed by atoms with Crippen molar-refractivity contribution in [1.82, 2.24) is 4.90 Å². The maximum absolute atomic E-state index is 2.57. The Morgan fingerprint density at radius 3 is 1.86 bits per heavy atom. The summed E-state index contributed by atoms with van der Waals surface area (Å²) in [7, 11) is 0. The number of hydrogen-bond donors (Lipinski definition) is 0. The van der Waals surface area contributed by atoms with Crippen LogP contribution in [0.2, 0.25) is 0 Å². The Morgan fingerprint density at radius 1 is 0.500 bits per heavy atom. The summed E-state index contributed by atoms with van der Waals surface area (Å²) in [6, 6.07) is 37.1. The van der Waals surface area contributed by atoms with Gasteiger partial charge in [0.05, 0.1) is 0 Å². The van der Waals surface area contributed by atoms with E-state index in [4.69, 9.17) is 0 Å². The van der Waals surface area contributed by atoms with Gasteiger partial charge in [-0.2, -0.15) is 0 Å². The molecule has 140 valence electrons. The van der Waals surface area contributed by atoms with Crippen LogP contribution in [-0.4, -0.2) is 11.4 Å². The molecule has 0 aromatic heterocycles.